The molecule has 2 aromatic rings. The van der Waals surface area contributed by atoms with E-state index in [1.807, 2.05) is 0 Å². The number of carbonyl (C=O) groups is 1. The number of non-ortho nitro benzene ring substituents is 1. The molecule has 0 saturated heterocycles. The molecule has 9 nitrogen and oxygen atoms in total. The van der Waals surface area contributed by atoms with Gasteiger partial charge in [-0.05, 0) is 24.3 Å². The average Bonchev–Trinajstić information content (AvgIpc) is 2.61. The summed E-state index contributed by atoms with van der Waals surface area (Å²) in [5, 5.41) is 10.7. The van der Waals surface area contributed by atoms with Gasteiger partial charge in [-0.1, -0.05) is 12.1 Å². The van der Waals surface area contributed by atoms with Gasteiger partial charge in [-0.15, -0.1) is 0 Å². The molecule has 0 saturated carbocycles. The van der Waals surface area contributed by atoms with Gasteiger partial charge in [-0.3, -0.25) is 10.1 Å². The number of nitro benzene ring substituents is 1. The monoisotopic (exact) mass is 433 g/mol. The predicted molar refractivity (Wildman–Crippen MR) is 94.9 cm³/mol. The summed E-state index contributed by atoms with van der Waals surface area (Å²) in [6.45, 7) is -0.526. The van der Waals surface area contributed by atoms with Gasteiger partial charge in [0.15, 0.2) is 9.84 Å². The summed E-state index contributed by atoms with van der Waals surface area (Å²) >= 11 is 0. The molecule has 0 radical (unpaired) electrons. The van der Waals surface area contributed by atoms with Crippen molar-refractivity contribution in [3.05, 3.63) is 64.2 Å². The van der Waals surface area contributed by atoms with Crippen LogP contribution in [-0.2, 0) is 23.6 Å². The summed E-state index contributed by atoms with van der Waals surface area (Å²) in [6.07, 6.45) is 0. The van der Waals surface area contributed by atoms with Crippen LogP contribution < -0.4 is 0 Å². The van der Waals surface area contributed by atoms with E-state index in [2.05, 4.69) is 0 Å². The Morgan fingerprint density at radius 2 is 1.67 bits per heavy atom. The zero-order chi connectivity index (χ0) is 20.2. The average molecular weight is 434 g/mol. The van der Waals surface area contributed by atoms with Crippen molar-refractivity contribution in [1.82, 2.24) is 0 Å². The zero-order valence-electron chi connectivity index (χ0n) is 13.4. The van der Waals surface area contributed by atoms with Crippen molar-refractivity contribution in [2.45, 2.75) is 9.79 Å². The van der Waals surface area contributed by atoms with E-state index in [0.29, 0.717) is 0 Å². The van der Waals surface area contributed by atoms with E-state index in [1.165, 1.54) is 30.3 Å². The Bertz CT molecular complexity index is 1100. The van der Waals surface area contributed by atoms with Crippen LogP contribution in [0, 0.1) is 10.1 Å². The van der Waals surface area contributed by atoms with Gasteiger partial charge >= 0.3 is 5.97 Å². The second-order valence-corrected chi connectivity index (χ2v) is 9.85. The largest absolute Gasteiger partial charge is 0.461 e. The highest BCUT2D eigenvalue weighted by molar-refractivity contribution is 8.13. The fraction of sp³-hybridized carbons (Fsp3) is 0.133. The Balaban J connectivity index is 2.06. The molecule has 0 aromatic heterocycles. The quantitative estimate of drug-likeness (QED) is 0.280. The molecule has 0 bridgehead atoms. The molecule has 2 rings (SSSR count). The zero-order valence-corrected chi connectivity index (χ0v) is 15.8. The highest BCUT2D eigenvalue weighted by Gasteiger charge is 2.19. The van der Waals surface area contributed by atoms with Crippen molar-refractivity contribution in [3.63, 3.8) is 0 Å². The number of ether oxygens (including phenoxy) is 1. The molecular formula is C15H12ClNO8S2. The number of hydrogen-bond donors (Lipinski definition) is 0. The van der Waals surface area contributed by atoms with Crippen LogP contribution in [0.25, 0.3) is 0 Å². The van der Waals surface area contributed by atoms with Crippen molar-refractivity contribution in [2.75, 3.05) is 12.4 Å². The van der Waals surface area contributed by atoms with E-state index in [4.69, 9.17) is 15.4 Å². The van der Waals surface area contributed by atoms with Gasteiger partial charge in [0.2, 0.25) is 0 Å². The Morgan fingerprint density at radius 3 is 2.30 bits per heavy atom. The second-order valence-electron chi connectivity index (χ2n) is 5.17. The van der Waals surface area contributed by atoms with E-state index in [-0.39, 0.29) is 21.0 Å². The van der Waals surface area contributed by atoms with Crippen LogP contribution in [0.1, 0.15) is 10.4 Å². The van der Waals surface area contributed by atoms with E-state index < -0.39 is 42.1 Å². The van der Waals surface area contributed by atoms with E-state index in [0.717, 1.165) is 18.2 Å². The summed E-state index contributed by atoms with van der Waals surface area (Å²) in [6, 6.07) is 9.23. The number of halogens is 1. The Morgan fingerprint density at radius 1 is 1.04 bits per heavy atom. The van der Waals surface area contributed by atoms with Crippen LogP contribution in [-0.4, -0.2) is 40.1 Å². The van der Waals surface area contributed by atoms with Gasteiger partial charge in [0.05, 0.1) is 26.0 Å². The van der Waals surface area contributed by atoms with Gasteiger partial charge in [0.25, 0.3) is 14.7 Å². The Hall–Kier alpha value is -2.50. The normalized spacial score (nSPS) is 11.7. The number of nitro groups is 1. The number of carbonyl (C=O) groups excluding carboxylic acids is 1. The lowest BCUT2D eigenvalue weighted by Crippen LogP contribution is -2.16. The maximum Gasteiger partial charge on any atom is 0.338 e. The summed E-state index contributed by atoms with van der Waals surface area (Å²) in [4.78, 5) is 21.4. The second kappa shape index (κ2) is 8.03. The summed E-state index contributed by atoms with van der Waals surface area (Å²) in [7, 11) is -2.77. The molecule has 0 aliphatic carbocycles. The fourth-order valence-electron chi connectivity index (χ4n) is 2.01. The molecule has 0 unspecified atom stereocenters. The van der Waals surface area contributed by atoms with Crippen molar-refractivity contribution in [1.29, 1.82) is 0 Å². The number of benzene rings is 2. The molecule has 0 atom stereocenters. The first-order valence-electron chi connectivity index (χ1n) is 7.20. The number of hydrogen-bond acceptors (Lipinski definition) is 8. The van der Waals surface area contributed by atoms with Crippen molar-refractivity contribution in [2.24, 2.45) is 0 Å². The van der Waals surface area contributed by atoms with Crippen molar-refractivity contribution in [3.8, 4) is 0 Å². The topological polar surface area (TPSA) is 138 Å². The third-order valence-corrected chi connectivity index (χ3v) is 6.35. The van der Waals surface area contributed by atoms with E-state index >= 15 is 0 Å². The predicted octanol–water partition coefficient (Wildman–Crippen LogP) is 2.15. The smallest absolute Gasteiger partial charge is 0.338 e. The van der Waals surface area contributed by atoms with Gasteiger partial charge in [0.1, 0.15) is 6.61 Å². The van der Waals surface area contributed by atoms with Crippen LogP contribution >= 0.6 is 10.7 Å². The molecule has 12 heteroatoms. The molecule has 27 heavy (non-hydrogen) atoms. The lowest BCUT2D eigenvalue weighted by Gasteiger charge is -2.07. The van der Waals surface area contributed by atoms with E-state index in [9.17, 15) is 31.7 Å². The molecule has 0 amide bonds. The van der Waals surface area contributed by atoms with Crippen LogP contribution in [0.5, 0.6) is 0 Å². The van der Waals surface area contributed by atoms with Crippen LogP contribution in [0.4, 0.5) is 5.69 Å². The third kappa shape index (κ3) is 5.49. The molecule has 0 aliphatic heterocycles. The lowest BCUT2D eigenvalue weighted by atomic mass is 10.2. The number of sulfone groups is 1. The fourth-order valence-corrected chi connectivity index (χ4v) is 3.93. The summed E-state index contributed by atoms with van der Waals surface area (Å²) in [5.41, 5.74) is -0.503. The van der Waals surface area contributed by atoms with Gasteiger partial charge < -0.3 is 4.74 Å². The molecule has 0 spiro atoms. The van der Waals surface area contributed by atoms with Gasteiger partial charge in [-0.25, -0.2) is 21.6 Å². The maximum absolute atomic E-state index is 12.2. The minimum atomic E-state index is -4.04. The first-order valence-corrected chi connectivity index (χ1v) is 11.2. The van der Waals surface area contributed by atoms with Crippen molar-refractivity contribution >= 4 is 41.2 Å². The number of rotatable bonds is 7. The van der Waals surface area contributed by atoms with Crippen LogP contribution in [0.2, 0.25) is 0 Å². The van der Waals surface area contributed by atoms with Gasteiger partial charge in [0, 0.05) is 22.8 Å². The molecule has 144 valence electrons. The minimum absolute atomic E-state index is 0.121. The van der Waals surface area contributed by atoms with E-state index in [1.54, 1.807) is 0 Å². The molecule has 0 aliphatic rings. The SMILES string of the molecule is O=C(OCCS(=O)(=O)c1cccc([N+](=O)[O-])c1)c1cccc(S(=O)(=O)Cl)c1. The van der Waals surface area contributed by atoms with Crippen LogP contribution in [0.15, 0.2) is 58.3 Å². The van der Waals surface area contributed by atoms with Gasteiger partial charge in [-0.2, -0.15) is 0 Å². The molecule has 0 fully saturated rings. The highest BCUT2D eigenvalue weighted by Crippen LogP contribution is 2.19. The number of esters is 1. The molecule has 0 heterocycles. The summed E-state index contributed by atoms with van der Waals surface area (Å²) < 4.78 is 51.8. The molecule has 0 N–H and O–H groups in total. The lowest BCUT2D eigenvalue weighted by molar-refractivity contribution is -0.385. The van der Waals surface area contributed by atoms with Crippen molar-refractivity contribution < 1.29 is 31.3 Å². The first-order chi connectivity index (χ1) is 12.5. The first kappa shape index (κ1) is 20.8. The summed E-state index contributed by atoms with van der Waals surface area (Å²) in [5.74, 6) is -1.54. The highest BCUT2D eigenvalue weighted by atomic mass is 35.7. The Kier molecular flexibility index (Phi) is 6.19. The Labute approximate surface area is 159 Å². The molecular weight excluding hydrogens is 422 g/mol. The maximum atomic E-state index is 12.2. The van der Waals surface area contributed by atoms with Crippen LogP contribution in [0.3, 0.4) is 0 Å². The number of nitrogens with zero attached hydrogens (tertiary/aromatic N) is 1. The third-order valence-electron chi connectivity index (χ3n) is 3.32. The molecule has 2 aromatic carbocycles. The minimum Gasteiger partial charge on any atom is -0.461 e. The standard InChI is InChI=1S/C15H12ClNO8S2/c16-27(23,24)14-6-1-3-11(9-14)15(18)25-7-8-26(21,22)13-5-2-4-12(10-13)17(19)20/h1-6,9-10H,7-8H2.